The zero-order valence-corrected chi connectivity index (χ0v) is 21.7. The van der Waals surface area contributed by atoms with Crippen LogP contribution in [-0.2, 0) is 4.79 Å². The highest BCUT2D eigenvalue weighted by molar-refractivity contribution is 8.13. The van der Waals surface area contributed by atoms with Crippen molar-refractivity contribution in [2.75, 3.05) is 23.5 Å². The number of thiazole rings is 1. The molecule has 0 saturated heterocycles. The molecule has 1 unspecified atom stereocenters. The van der Waals surface area contributed by atoms with Crippen molar-refractivity contribution in [3.05, 3.63) is 94.0 Å². The van der Waals surface area contributed by atoms with Gasteiger partial charge in [0.1, 0.15) is 23.5 Å². The van der Waals surface area contributed by atoms with Crippen LogP contribution in [0.15, 0.2) is 70.7 Å². The molecule has 2 aliphatic rings. The fourth-order valence-electron chi connectivity index (χ4n) is 4.34. The minimum absolute atomic E-state index is 0.329. The highest BCUT2D eigenvalue weighted by atomic mass is 32.2. The number of para-hydroxylation sites is 1. The molecule has 1 N–H and O–H groups in total. The number of rotatable bonds is 4. The van der Waals surface area contributed by atoms with E-state index < -0.39 is 29.4 Å². The lowest BCUT2D eigenvalue weighted by Gasteiger charge is -2.43. The molecule has 5 rings (SSSR count). The molecule has 11 heteroatoms. The average Bonchev–Trinajstić information content (AvgIpc) is 3.39. The molecule has 0 spiro atoms. The van der Waals surface area contributed by atoms with Crippen LogP contribution in [0.4, 0.5) is 19.6 Å². The van der Waals surface area contributed by atoms with Crippen molar-refractivity contribution < 1.29 is 18.4 Å². The van der Waals surface area contributed by atoms with Crippen LogP contribution in [0.3, 0.4) is 0 Å². The number of hydrogen-bond donors (Lipinski definition) is 1. The van der Waals surface area contributed by atoms with Crippen LogP contribution in [0.5, 0.6) is 0 Å². The van der Waals surface area contributed by atoms with E-state index in [-0.39, 0.29) is 5.91 Å². The number of fused-ring (bicyclic) bond motifs is 1. The Morgan fingerprint density at radius 3 is 2.59 bits per heavy atom. The number of aliphatic imine (C=N–C) groups is 1. The minimum Gasteiger partial charge on any atom is -0.329 e. The van der Waals surface area contributed by atoms with E-state index in [1.807, 2.05) is 19.2 Å². The summed E-state index contributed by atoms with van der Waals surface area (Å²) in [5.41, 5.74) is 2.56. The predicted molar refractivity (Wildman–Crippen MR) is 144 cm³/mol. The third kappa shape index (κ3) is 4.44. The Kier molecular flexibility index (Phi) is 6.65. The van der Waals surface area contributed by atoms with E-state index in [1.54, 1.807) is 41.7 Å². The van der Waals surface area contributed by atoms with Crippen molar-refractivity contribution in [1.29, 1.82) is 0 Å². The maximum Gasteiger partial charge on any atom is 0.257 e. The average molecular weight is 538 g/mol. The lowest BCUT2D eigenvalue weighted by Crippen LogP contribution is -2.55. The Balaban J connectivity index is 1.66. The summed E-state index contributed by atoms with van der Waals surface area (Å²) in [7, 11) is 1.72. The SMILES string of the molecule is CSC1=NC(c2cc(C(=O)Nc3nccs3)ccc2C)=C2C=CC(=O)N(c3c(F)cccc3F)C2N1C. The first-order chi connectivity index (χ1) is 17.8. The first kappa shape index (κ1) is 24.8. The number of amides is 2. The molecule has 2 amide bonds. The number of thioether (sulfide) groups is 1. The smallest absolute Gasteiger partial charge is 0.257 e. The van der Waals surface area contributed by atoms with Crippen molar-refractivity contribution in [2.24, 2.45) is 4.99 Å². The summed E-state index contributed by atoms with van der Waals surface area (Å²) in [6.45, 7) is 1.89. The molecule has 0 radical (unpaired) electrons. The van der Waals surface area contributed by atoms with Crippen molar-refractivity contribution in [3.8, 4) is 0 Å². The molecule has 0 aliphatic carbocycles. The minimum atomic E-state index is -0.856. The largest absolute Gasteiger partial charge is 0.329 e. The van der Waals surface area contributed by atoms with E-state index in [0.717, 1.165) is 22.6 Å². The van der Waals surface area contributed by atoms with Crippen LogP contribution in [0.25, 0.3) is 5.70 Å². The molecule has 188 valence electrons. The number of nitrogens with zero attached hydrogens (tertiary/aromatic N) is 4. The number of amidine groups is 1. The number of halogens is 2. The van der Waals surface area contributed by atoms with E-state index in [0.29, 0.717) is 32.7 Å². The summed E-state index contributed by atoms with van der Waals surface area (Å²) in [4.78, 5) is 37.7. The number of hydrogen-bond acceptors (Lipinski definition) is 7. The van der Waals surface area contributed by atoms with Gasteiger partial charge < -0.3 is 4.90 Å². The third-order valence-electron chi connectivity index (χ3n) is 6.08. The fourth-order valence-corrected chi connectivity index (χ4v) is 5.44. The number of nitrogens with one attached hydrogen (secondary N) is 1. The molecule has 1 aromatic heterocycles. The Hall–Kier alpha value is -3.83. The van der Waals surface area contributed by atoms with Gasteiger partial charge in [-0.25, -0.2) is 18.8 Å². The standard InChI is InChI=1S/C26H21F2N5O2S2/c1-14-7-8-15(23(35)31-25-29-11-12-37-25)13-17(14)21-16-9-10-20(34)33(22-18(27)5-4-6-19(22)28)24(16)32(2)26(30-21)36-3/h4-13,24H,1-3H3,(H,29,31,35). The normalized spacial score (nSPS) is 17.2. The molecule has 2 aromatic carbocycles. The summed E-state index contributed by atoms with van der Waals surface area (Å²) >= 11 is 2.65. The van der Waals surface area contributed by atoms with Gasteiger partial charge in [-0.2, -0.15) is 0 Å². The van der Waals surface area contributed by atoms with Crippen LogP contribution >= 0.6 is 23.1 Å². The molecule has 7 nitrogen and oxygen atoms in total. The molecular weight excluding hydrogens is 516 g/mol. The van der Waals surface area contributed by atoms with Gasteiger partial charge in [0.2, 0.25) is 0 Å². The zero-order valence-electron chi connectivity index (χ0n) is 20.0. The molecule has 0 saturated carbocycles. The van der Waals surface area contributed by atoms with Crippen molar-refractivity contribution >= 4 is 56.6 Å². The van der Waals surface area contributed by atoms with Gasteiger partial charge in [0.25, 0.3) is 11.8 Å². The van der Waals surface area contributed by atoms with E-state index in [9.17, 15) is 18.4 Å². The maximum atomic E-state index is 14.9. The Morgan fingerprint density at radius 1 is 1.16 bits per heavy atom. The lowest BCUT2D eigenvalue weighted by molar-refractivity contribution is -0.115. The summed E-state index contributed by atoms with van der Waals surface area (Å²) in [5, 5.41) is 5.56. The Bertz CT molecular complexity index is 1480. The summed E-state index contributed by atoms with van der Waals surface area (Å²) in [5.74, 6) is -2.57. The van der Waals surface area contributed by atoms with Gasteiger partial charge in [0.15, 0.2) is 10.3 Å². The van der Waals surface area contributed by atoms with E-state index >= 15 is 0 Å². The van der Waals surface area contributed by atoms with Crippen molar-refractivity contribution in [3.63, 3.8) is 0 Å². The van der Waals surface area contributed by atoms with Gasteiger partial charge in [-0.15, -0.1) is 11.3 Å². The number of aromatic nitrogens is 1. The highest BCUT2D eigenvalue weighted by Crippen LogP contribution is 2.40. The maximum absolute atomic E-state index is 14.9. The van der Waals surface area contributed by atoms with Crippen LogP contribution < -0.4 is 10.2 Å². The monoisotopic (exact) mass is 537 g/mol. The molecular formula is C26H21F2N5O2S2. The third-order valence-corrected chi connectivity index (χ3v) is 7.52. The zero-order chi connectivity index (χ0) is 26.3. The number of aryl methyl sites for hydroxylation is 1. The second-order valence-electron chi connectivity index (χ2n) is 8.32. The quantitative estimate of drug-likeness (QED) is 0.490. The number of likely N-dealkylation sites (N-methyl/N-ethyl adjacent to an activating group) is 1. The molecule has 0 fully saturated rings. The van der Waals surface area contributed by atoms with Crippen molar-refractivity contribution in [1.82, 2.24) is 9.88 Å². The van der Waals surface area contributed by atoms with Crippen LogP contribution in [0.2, 0.25) is 0 Å². The van der Waals surface area contributed by atoms with Crippen molar-refractivity contribution in [2.45, 2.75) is 13.1 Å². The van der Waals surface area contributed by atoms with Crippen LogP contribution in [0.1, 0.15) is 21.5 Å². The molecule has 0 bridgehead atoms. The first-order valence-electron chi connectivity index (χ1n) is 11.2. The van der Waals surface area contributed by atoms with E-state index in [1.165, 1.54) is 35.2 Å². The number of carbonyl (C=O) groups excluding carboxylic acids is 2. The van der Waals surface area contributed by atoms with Crippen LogP contribution in [-0.4, -0.2) is 46.3 Å². The molecule has 1 atom stereocenters. The molecule has 3 heterocycles. The van der Waals surface area contributed by atoms with E-state index in [2.05, 4.69) is 10.3 Å². The number of anilines is 2. The predicted octanol–water partition coefficient (Wildman–Crippen LogP) is 5.29. The summed E-state index contributed by atoms with van der Waals surface area (Å²) in [6, 6.07) is 8.74. The number of carbonyl (C=O) groups is 2. The topological polar surface area (TPSA) is 77.9 Å². The van der Waals surface area contributed by atoms with Gasteiger partial charge in [0.05, 0.1) is 5.70 Å². The summed E-state index contributed by atoms with van der Waals surface area (Å²) in [6.07, 6.45) is 5.48. The first-order valence-corrected chi connectivity index (χ1v) is 13.3. The van der Waals surface area contributed by atoms with Gasteiger partial charge in [-0.05, 0) is 49.1 Å². The lowest BCUT2D eigenvalue weighted by atomic mass is 9.94. The van der Waals surface area contributed by atoms with Gasteiger partial charge in [-0.3, -0.25) is 19.8 Å². The van der Waals surface area contributed by atoms with Gasteiger partial charge >= 0.3 is 0 Å². The Labute approximate surface area is 220 Å². The summed E-state index contributed by atoms with van der Waals surface area (Å²) < 4.78 is 29.8. The fraction of sp³-hybridized carbons (Fsp3) is 0.154. The molecule has 3 aromatic rings. The molecule has 2 aliphatic heterocycles. The van der Waals surface area contributed by atoms with Gasteiger partial charge in [-0.1, -0.05) is 23.9 Å². The van der Waals surface area contributed by atoms with Crippen LogP contribution in [0, 0.1) is 18.6 Å². The Morgan fingerprint density at radius 2 is 1.92 bits per heavy atom. The second-order valence-corrected chi connectivity index (χ2v) is 9.99. The second kappa shape index (κ2) is 9.91. The molecule has 37 heavy (non-hydrogen) atoms. The van der Waals surface area contributed by atoms with E-state index in [4.69, 9.17) is 4.99 Å². The number of benzene rings is 2. The highest BCUT2D eigenvalue weighted by Gasteiger charge is 2.41. The van der Waals surface area contributed by atoms with Gasteiger partial charge in [0, 0.05) is 41.4 Å².